The van der Waals surface area contributed by atoms with Gasteiger partial charge in [-0.25, -0.2) is 0 Å². The molecule has 0 unspecified atom stereocenters. The molecule has 1 amide bonds. The standard InChI is InChI=1S/C21H25ClN4O3/c1-24(2)16-7-5-15(6-8-16)20(25-11-3-4-12-25)14-23-21(27)18-10-9-17(26(28)29)13-19(18)22/h5-10,13,20H,3-4,11-12,14H2,1-2H3,(H,23,27)/t20-/m1/s1. The number of anilines is 1. The second-order valence-corrected chi connectivity index (χ2v) is 7.78. The van der Waals surface area contributed by atoms with Gasteiger partial charge in [0.25, 0.3) is 11.6 Å². The Kier molecular flexibility index (Phi) is 6.71. The van der Waals surface area contributed by atoms with E-state index in [-0.39, 0.29) is 28.2 Å². The van der Waals surface area contributed by atoms with Crippen molar-refractivity contribution < 1.29 is 9.72 Å². The highest BCUT2D eigenvalue weighted by molar-refractivity contribution is 6.34. The van der Waals surface area contributed by atoms with Crippen LogP contribution in [0, 0.1) is 10.1 Å². The van der Waals surface area contributed by atoms with Crippen LogP contribution in [0.15, 0.2) is 42.5 Å². The van der Waals surface area contributed by atoms with Crippen LogP contribution in [-0.4, -0.2) is 49.5 Å². The minimum atomic E-state index is -0.533. The summed E-state index contributed by atoms with van der Waals surface area (Å²) in [6, 6.07) is 12.3. The summed E-state index contributed by atoms with van der Waals surface area (Å²) < 4.78 is 0. The second kappa shape index (κ2) is 9.24. The van der Waals surface area contributed by atoms with Gasteiger partial charge < -0.3 is 10.2 Å². The van der Waals surface area contributed by atoms with Gasteiger partial charge in [0, 0.05) is 38.5 Å². The topological polar surface area (TPSA) is 78.7 Å². The SMILES string of the molecule is CN(C)c1ccc([C@@H](CNC(=O)c2ccc([N+](=O)[O-])cc2Cl)N2CCCC2)cc1. The molecule has 1 atom stereocenters. The lowest BCUT2D eigenvalue weighted by Gasteiger charge is -2.28. The molecule has 0 aromatic heterocycles. The molecule has 2 aromatic rings. The summed E-state index contributed by atoms with van der Waals surface area (Å²) in [5.41, 5.74) is 2.37. The van der Waals surface area contributed by atoms with Crippen molar-refractivity contribution in [2.45, 2.75) is 18.9 Å². The maximum atomic E-state index is 12.7. The first-order valence-corrected chi connectivity index (χ1v) is 9.98. The third-order valence-electron chi connectivity index (χ3n) is 5.24. The van der Waals surface area contributed by atoms with E-state index in [0.717, 1.165) is 37.2 Å². The molecule has 29 heavy (non-hydrogen) atoms. The normalized spacial score (nSPS) is 15.1. The summed E-state index contributed by atoms with van der Waals surface area (Å²) in [5.74, 6) is -0.334. The number of benzene rings is 2. The van der Waals surface area contributed by atoms with E-state index in [4.69, 9.17) is 11.6 Å². The zero-order valence-electron chi connectivity index (χ0n) is 16.6. The smallest absolute Gasteiger partial charge is 0.270 e. The molecule has 1 heterocycles. The Hall–Kier alpha value is -2.64. The molecular formula is C21H25ClN4O3. The van der Waals surface area contributed by atoms with Gasteiger partial charge in [-0.2, -0.15) is 0 Å². The van der Waals surface area contributed by atoms with Crippen LogP contribution >= 0.6 is 11.6 Å². The number of halogens is 1. The Balaban J connectivity index is 1.74. The molecule has 0 bridgehead atoms. The first-order valence-electron chi connectivity index (χ1n) is 9.60. The summed E-state index contributed by atoms with van der Waals surface area (Å²) in [6.07, 6.45) is 2.29. The number of hydrogen-bond donors (Lipinski definition) is 1. The van der Waals surface area contributed by atoms with Gasteiger partial charge in [-0.15, -0.1) is 0 Å². The van der Waals surface area contributed by atoms with Crippen molar-refractivity contribution in [3.63, 3.8) is 0 Å². The van der Waals surface area contributed by atoms with Gasteiger partial charge in [-0.1, -0.05) is 23.7 Å². The monoisotopic (exact) mass is 416 g/mol. The summed E-state index contributed by atoms with van der Waals surface area (Å²) in [7, 11) is 4.00. The molecule has 0 radical (unpaired) electrons. The Morgan fingerprint density at radius 2 is 1.86 bits per heavy atom. The Morgan fingerprint density at radius 1 is 1.21 bits per heavy atom. The average molecular weight is 417 g/mol. The fourth-order valence-electron chi connectivity index (χ4n) is 3.59. The Labute approximate surface area is 175 Å². The first kappa shape index (κ1) is 21.1. The van der Waals surface area contributed by atoms with E-state index in [1.54, 1.807) is 0 Å². The van der Waals surface area contributed by atoms with Crippen LogP contribution in [0.4, 0.5) is 11.4 Å². The Morgan fingerprint density at radius 3 is 2.41 bits per heavy atom. The van der Waals surface area contributed by atoms with Gasteiger partial charge in [0.15, 0.2) is 0 Å². The fourth-order valence-corrected chi connectivity index (χ4v) is 3.85. The number of likely N-dealkylation sites (tertiary alicyclic amines) is 1. The molecule has 7 nitrogen and oxygen atoms in total. The van der Waals surface area contributed by atoms with Crippen molar-refractivity contribution in [1.29, 1.82) is 0 Å². The predicted molar refractivity (Wildman–Crippen MR) is 115 cm³/mol. The number of rotatable bonds is 7. The molecular weight excluding hydrogens is 392 g/mol. The van der Waals surface area contributed by atoms with Gasteiger partial charge in [0.1, 0.15) is 0 Å². The molecule has 0 saturated carbocycles. The largest absolute Gasteiger partial charge is 0.378 e. The van der Waals surface area contributed by atoms with Crippen molar-refractivity contribution >= 4 is 28.9 Å². The van der Waals surface area contributed by atoms with E-state index in [1.807, 2.05) is 19.0 Å². The first-order chi connectivity index (χ1) is 13.9. The van der Waals surface area contributed by atoms with Crippen LogP contribution in [0.2, 0.25) is 5.02 Å². The molecule has 1 N–H and O–H groups in total. The second-order valence-electron chi connectivity index (χ2n) is 7.38. The maximum absolute atomic E-state index is 12.7. The van der Waals surface area contributed by atoms with E-state index in [2.05, 4.69) is 34.5 Å². The minimum absolute atomic E-state index is 0.0643. The quantitative estimate of drug-likeness (QED) is 0.547. The van der Waals surface area contributed by atoms with Crippen LogP contribution in [0.1, 0.15) is 34.8 Å². The number of nitrogens with zero attached hydrogens (tertiary/aromatic N) is 3. The predicted octanol–water partition coefficient (Wildman–Crippen LogP) is 3.88. The van der Waals surface area contributed by atoms with Crippen LogP contribution in [0.25, 0.3) is 0 Å². The third kappa shape index (κ3) is 5.05. The maximum Gasteiger partial charge on any atom is 0.270 e. The van der Waals surface area contributed by atoms with Crippen LogP contribution in [0.3, 0.4) is 0 Å². The summed E-state index contributed by atoms with van der Waals surface area (Å²) >= 11 is 6.09. The van der Waals surface area contributed by atoms with Crippen molar-refractivity contribution in [3.8, 4) is 0 Å². The lowest BCUT2D eigenvalue weighted by Crippen LogP contribution is -2.36. The van der Waals surface area contributed by atoms with Gasteiger partial charge >= 0.3 is 0 Å². The van der Waals surface area contributed by atoms with E-state index in [9.17, 15) is 14.9 Å². The molecule has 8 heteroatoms. The van der Waals surface area contributed by atoms with E-state index >= 15 is 0 Å². The summed E-state index contributed by atoms with van der Waals surface area (Å²) in [5, 5.41) is 13.9. The van der Waals surface area contributed by atoms with Crippen LogP contribution in [-0.2, 0) is 0 Å². The Bertz CT molecular complexity index is 880. The molecule has 1 aliphatic rings. The highest BCUT2D eigenvalue weighted by Gasteiger charge is 2.25. The van der Waals surface area contributed by atoms with Crippen molar-refractivity contribution in [1.82, 2.24) is 10.2 Å². The fraction of sp³-hybridized carbons (Fsp3) is 0.381. The van der Waals surface area contributed by atoms with E-state index in [1.165, 1.54) is 18.2 Å². The van der Waals surface area contributed by atoms with E-state index < -0.39 is 4.92 Å². The third-order valence-corrected chi connectivity index (χ3v) is 5.55. The van der Waals surface area contributed by atoms with Gasteiger partial charge in [0.2, 0.25) is 0 Å². The molecule has 1 aliphatic heterocycles. The summed E-state index contributed by atoms with van der Waals surface area (Å²) in [4.78, 5) is 27.4. The number of nitrogens with one attached hydrogen (secondary N) is 1. The lowest BCUT2D eigenvalue weighted by atomic mass is 10.0. The zero-order chi connectivity index (χ0) is 21.0. The molecule has 0 aliphatic carbocycles. The molecule has 2 aromatic carbocycles. The number of nitro benzene ring substituents is 1. The number of nitro groups is 1. The number of non-ortho nitro benzene ring substituents is 1. The average Bonchev–Trinajstić information content (AvgIpc) is 3.22. The van der Waals surface area contributed by atoms with Crippen molar-refractivity contribution in [2.75, 3.05) is 38.6 Å². The van der Waals surface area contributed by atoms with E-state index in [0.29, 0.717) is 6.54 Å². The highest BCUT2D eigenvalue weighted by atomic mass is 35.5. The number of carbonyl (C=O) groups is 1. The number of carbonyl (C=O) groups excluding carboxylic acids is 1. The summed E-state index contributed by atoms with van der Waals surface area (Å²) in [6.45, 7) is 2.43. The molecule has 154 valence electrons. The molecule has 3 rings (SSSR count). The van der Waals surface area contributed by atoms with Gasteiger partial charge in [0.05, 0.1) is 21.6 Å². The number of hydrogen-bond acceptors (Lipinski definition) is 5. The van der Waals surface area contributed by atoms with Gasteiger partial charge in [-0.3, -0.25) is 19.8 Å². The minimum Gasteiger partial charge on any atom is -0.378 e. The highest BCUT2D eigenvalue weighted by Crippen LogP contribution is 2.27. The molecule has 1 fully saturated rings. The van der Waals surface area contributed by atoms with Crippen LogP contribution < -0.4 is 10.2 Å². The molecule has 1 saturated heterocycles. The molecule has 0 spiro atoms. The van der Waals surface area contributed by atoms with Gasteiger partial charge in [-0.05, 0) is 49.7 Å². The number of amides is 1. The lowest BCUT2D eigenvalue weighted by molar-refractivity contribution is -0.384. The van der Waals surface area contributed by atoms with Crippen molar-refractivity contribution in [2.24, 2.45) is 0 Å². The zero-order valence-corrected chi connectivity index (χ0v) is 17.4. The van der Waals surface area contributed by atoms with Crippen molar-refractivity contribution in [3.05, 3.63) is 68.7 Å². The van der Waals surface area contributed by atoms with Crippen LogP contribution in [0.5, 0.6) is 0 Å².